The first-order valence-electron chi connectivity index (χ1n) is 9.80. The van der Waals surface area contributed by atoms with Gasteiger partial charge in [0.25, 0.3) is 0 Å². The Morgan fingerprint density at radius 3 is 2.61 bits per heavy atom. The number of rotatable bonds is 3. The molecule has 0 spiro atoms. The number of amides is 1. The molecule has 3 aromatic rings. The number of carbonyl (C=O) groups excluding carboxylic acids is 1. The number of aromatic nitrogens is 1. The van der Waals surface area contributed by atoms with E-state index in [1.54, 1.807) is 25.1 Å². The molecule has 2 aromatic heterocycles. The summed E-state index contributed by atoms with van der Waals surface area (Å²) in [5.41, 5.74) is 6.29. The summed E-state index contributed by atoms with van der Waals surface area (Å²) in [7, 11) is 1.47. The molecule has 0 saturated heterocycles. The minimum atomic E-state index is -4.58. The van der Waals surface area contributed by atoms with Crippen LogP contribution in [-0.4, -0.2) is 28.8 Å². The van der Waals surface area contributed by atoms with Crippen molar-refractivity contribution in [3.05, 3.63) is 75.7 Å². The van der Waals surface area contributed by atoms with Crippen molar-refractivity contribution in [2.75, 3.05) is 7.05 Å². The average molecular weight is 469 g/mol. The van der Waals surface area contributed by atoms with Crippen LogP contribution in [0.1, 0.15) is 34.5 Å². The zero-order chi connectivity index (χ0) is 24.0. The van der Waals surface area contributed by atoms with Crippen molar-refractivity contribution < 1.29 is 18.0 Å². The maximum absolute atomic E-state index is 13.3. The molecule has 2 atom stereocenters. The first-order valence-corrected chi connectivity index (χ1v) is 10.7. The van der Waals surface area contributed by atoms with Crippen LogP contribution in [0.5, 0.6) is 0 Å². The van der Waals surface area contributed by atoms with E-state index in [9.17, 15) is 23.2 Å². The van der Waals surface area contributed by atoms with Gasteiger partial charge in [0.05, 0.1) is 17.6 Å². The maximum atomic E-state index is 13.3. The molecule has 10 heteroatoms. The fraction of sp³-hybridized carbons (Fsp3) is 0.217. The summed E-state index contributed by atoms with van der Waals surface area (Å²) in [5, 5.41) is 11.1. The highest BCUT2D eigenvalue weighted by Crippen LogP contribution is 2.47. The normalized spacial score (nSPS) is 21.0. The van der Waals surface area contributed by atoms with Gasteiger partial charge in [-0.15, -0.1) is 11.3 Å². The van der Waals surface area contributed by atoms with Gasteiger partial charge in [0.1, 0.15) is 11.2 Å². The number of likely N-dealkylation sites (N-methyl/N-ethyl adjacent to an activating group) is 1. The van der Waals surface area contributed by atoms with Crippen LogP contribution in [0.25, 0.3) is 11.1 Å². The lowest BCUT2D eigenvalue weighted by Crippen LogP contribution is -2.52. The lowest BCUT2D eigenvalue weighted by molar-refractivity contribution is -0.141. The number of guanidine groups is 1. The van der Waals surface area contributed by atoms with Crippen molar-refractivity contribution in [1.29, 1.82) is 5.26 Å². The van der Waals surface area contributed by atoms with Crippen molar-refractivity contribution in [1.82, 2.24) is 9.88 Å². The van der Waals surface area contributed by atoms with E-state index in [4.69, 9.17) is 5.73 Å². The molecule has 0 aliphatic carbocycles. The molecular weight excluding hydrogens is 451 g/mol. The minimum Gasteiger partial charge on any atom is -0.369 e. The molecule has 0 saturated carbocycles. The fourth-order valence-electron chi connectivity index (χ4n) is 3.85. The molecule has 0 fully saturated rings. The number of benzene rings is 1. The number of nitriles is 1. The van der Waals surface area contributed by atoms with Gasteiger partial charge in [-0.3, -0.25) is 14.7 Å². The van der Waals surface area contributed by atoms with Gasteiger partial charge in [0.2, 0.25) is 5.91 Å². The number of nitrogens with zero attached hydrogens (tertiary/aromatic N) is 4. The monoisotopic (exact) mass is 469 g/mol. The number of nitrogens with two attached hydrogens (primary N) is 1. The second-order valence-corrected chi connectivity index (χ2v) is 8.73. The molecule has 1 aromatic carbocycles. The van der Waals surface area contributed by atoms with Gasteiger partial charge in [0, 0.05) is 18.1 Å². The number of alkyl halides is 3. The number of carbonyl (C=O) groups is 1. The maximum Gasteiger partial charge on any atom is 0.433 e. The van der Waals surface area contributed by atoms with Crippen molar-refractivity contribution in [2.45, 2.75) is 24.6 Å². The summed E-state index contributed by atoms with van der Waals surface area (Å²) in [6, 6.07) is 13.2. The third-order valence-corrected chi connectivity index (χ3v) is 6.82. The number of pyridine rings is 1. The minimum absolute atomic E-state index is 0.0139. The van der Waals surface area contributed by atoms with E-state index in [2.05, 4.69) is 16.0 Å². The Labute approximate surface area is 191 Å². The summed E-state index contributed by atoms with van der Waals surface area (Å²) < 4.78 is 39.0. The van der Waals surface area contributed by atoms with Gasteiger partial charge in [0.15, 0.2) is 5.96 Å². The molecule has 0 radical (unpaired) electrons. The summed E-state index contributed by atoms with van der Waals surface area (Å²) in [6.07, 6.45) is -3.52. The third-order valence-electron chi connectivity index (χ3n) is 5.66. The first-order chi connectivity index (χ1) is 15.5. The number of hydrogen-bond donors (Lipinski definition) is 1. The summed E-state index contributed by atoms with van der Waals surface area (Å²) in [4.78, 5) is 23.3. The first kappa shape index (κ1) is 22.5. The zero-order valence-electron chi connectivity index (χ0n) is 17.6. The van der Waals surface area contributed by atoms with Gasteiger partial charge >= 0.3 is 6.18 Å². The highest BCUT2D eigenvalue weighted by atomic mass is 32.1. The Morgan fingerprint density at radius 1 is 1.21 bits per heavy atom. The number of hydrogen-bond acceptors (Lipinski definition) is 6. The summed E-state index contributed by atoms with van der Waals surface area (Å²) >= 11 is 1.36. The van der Waals surface area contributed by atoms with Crippen LogP contribution < -0.4 is 5.73 Å². The lowest BCUT2D eigenvalue weighted by Gasteiger charge is -2.39. The van der Waals surface area contributed by atoms with Crippen molar-refractivity contribution in [3.63, 3.8) is 0 Å². The molecule has 6 nitrogen and oxygen atoms in total. The predicted molar refractivity (Wildman–Crippen MR) is 118 cm³/mol. The number of thiophene rings is 1. The molecule has 3 heterocycles. The Morgan fingerprint density at radius 2 is 1.97 bits per heavy atom. The average Bonchev–Trinajstić information content (AvgIpc) is 3.29. The predicted octanol–water partition coefficient (Wildman–Crippen LogP) is 4.49. The van der Waals surface area contributed by atoms with Crippen LogP contribution in [0.15, 0.2) is 59.0 Å². The Hall–Kier alpha value is -3.71. The van der Waals surface area contributed by atoms with Crippen LogP contribution in [-0.2, 0) is 16.5 Å². The Bertz CT molecular complexity index is 1290. The van der Waals surface area contributed by atoms with Crippen LogP contribution in [0, 0.1) is 11.3 Å². The number of halogens is 3. The van der Waals surface area contributed by atoms with E-state index in [1.807, 2.05) is 17.5 Å². The second-order valence-electron chi connectivity index (χ2n) is 7.81. The molecular formula is C23H18F3N5OS. The second kappa shape index (κ2) is 8.01. The van der Waals surface area contributed by atoms with E-state index < -0.39 is 29.2 Å². The highest BCUT2D eigenvalue weighted by molar-refractivity contribution is 7.10. The molecule has 1 aliphatic rings. The van der Waals surface area contributed by atoms with Crippen molar-refractivity contribution in [2.24, 2.45) is 10.7 Å². The van der Waals surface area contributed by atoms with Crippen molar-refractivity contribution in [3.8, 4) is 17.2 Å². The quantitative estimate of drug-likeness (QED) is 0.612. The standard InChI is InChI=1S/C23H18F3N5OS/c1-22(18-9-16(12-33-18)14-5-3-4-13(8-14)10-27)19(20(32)31(2)21(28)30-22)15-6-7-17(29-11-15)23(24,25)26/h3-9,11-12,19H,1-2H3,(H2,28,30)/t19-,22+/m0/s1. The molecule has 168 valence electrons. The molecule has 1 aliphatic heterocycles. The molecule has 0 unspecified atom stereocenters. The van der Waals surface area contributed by atoms with E-state index in [0.717, 1.165) is 23.4 Å². The van der Waals surface area contributed by atoms with Gasteiger partial charge < -0.3 is 5.73 Å². The molecule has 4 rings (SSSR count). The van der Waals surface area contributed by atoms with Crippen LogP contribution in [0.3, 0.4) is 0 Å². The highest BCUT2D eigenvalue weighted by Gasteiger charge is 2.48. The van der Waals surface area contributed by atoms with E-state index in [-0.39, 0.29) is 5.96 Å². The van der Waals surface area contributed by atoms with Gasteiger partial charge in [-0.2, -0.15) is 18.4 Å². The molecule has 1 amide bonds. The van der Waals surface area contributed by atoms with Crippen molar-refractivity contribution >= 4 is 23.2 Å². The van der Waals surface area contributed by atoms with Crippen LogP contribution >= 0.6 is 11.3 Å². The smallest absolute Gasteiger partial charge is 0.369 e. The van der Waals surface area contributed by atoms with Crippen LogP contribution in [0.4, 0.5) is 13.2 Å². The summed E-state index contributed by atoms with van der Waals surface area (Å²) in [6.45, 7) is 1.73. The van der Waals surface area contributed by atoms with Gasteiger partial charge in [-0.1, -0.05) is 18.2 Å². The topological polar surface area (TPSA) is 95.4 Å². The number of aliphatic imine (C=N–C) groups is 1. The Kier molecular flexibility index (Phi) is 5.46. The summed E-state index contributed by atoms with van der Waals surface area (Å²) in [5.74, 6) is -1.31. The fourth-order valence-corrected chi connectivity index (χ4v) is 4.91. The molecule has 0 bridgehead atoms. The lowest BCUT2D eigenvalue weighted by atomic mass is 9.78. The van der Waals surface area contributed by atoms with E-state index in [1.165, 1.54) is 29.4 Å². The largest absolute Gasteiger partial charge is 0.433 e. The van der Waals surface area contributed by atoms with Crippen LogP contribution in [0.2, 0.25) is 0 Å². The van der Waals surface area contributed by atoms with Gasteiger partial charge in [-0.25, -0.2) is 4.99 Å². The zero-order valence-corrected chi connectivity index (χ0v) is 18.4. The van der Waals surface area contributed by atoms with Gasteiger partial charge in [-0.05, 0) is 53.3 Å². The SMILES string of the molecule is CN1C(=O)[C@H](c2ccc(C(F)(F)F)nc2)[C@@](C)(c2cc(-c3cccc(C#N)c3)cs2)N=C1N. The molecule has 33 heavy (non-hydrogen) atoms. The Balaban J connectivity index is 1.81. The molecule has 2 N–H and O–H groups in total. The van der Waals surface area contributed by atoms with E-state index in [0.29, 0.717) is 16.0 Å². The van der Waals surface area contributed by atoms with E-state index >= 15 is 0 Å². The third kappa shape index (κ3) is 3.96.